The maximum Gasteiger partial charge on any atom is 0.0766 e. The molecule has 0 amide bonds. The lowest BCUT2D eigenvalue weighted by Gasteiger charge is -2.07. The van der Waals surface area contributed by atoms with Gasteiger partial charge in [-0.2, -0.15) is 5.10 Å². The standard InChI is InChI=1S/C17H25N3/c1-13(2)11-18-12-16-9-10-20(19-16)17-7-5-15(6-8-17)14(3)4/h5-10,13-14,18H,11-12H2,1-4H3. The first-order valence-corrected chi connectivity index (χ1v) is 7.42. The highest BCUT2D eigenvalue weighted by Gasteiger charge is 2.03. The lowest BCUT2D eigenvalue weighted by atomic mass is 10.0. The van der Waals surface area contributed by atoms with Gasteiger partial charge in [-0.15, -0.1) is 0 Å². The monoisotopic (exact) mass is 271 g/mol. The molecule has 0 aliphatic heterocycles. The molecule has 0 aliphatic carbocycles. The summed E-state index contributed by atoms with van der Waals surface area (Å²) in [5.41, 5.74) is 3.56. The van der Waals surface area contributed by atoms with Crippen molar-refractivity contribution in [1.82, 2.24) is 15.1 Å². The Morgan fingerprint density at radius 2 is 1.75 bits per heavy atom. The number of benzene rings is 1. The molecule has 1 N–H and O–H groups in total. The van der Waals surface area contributed by atoms with Crippen molar-refractivity contribution in [3.8, 4) is 5.69 Å². The number of hydrogen-bond donors (Lipinski definition) is 1. The SMILES string of the molecule is CC(C)CNCc1ccn(-c2ccc(C(C)C)cc2)n1. The third-order valence-electron chi connectivity index (χ3n) is 3.33. The van der Waals surface area contributed by atoms with Crippen LogP contribution in [0.2, 0.25) is 0 Å². The average Bonchev–Trinajstić information content (AvgIpc) is 2.87. The molecule has 0 spiro atoms. The normalized spacial score (nSPS) is 11.5. The van der Waals surface area contributed by atoms with Crippen LogP contribution < -0.4 is 5.32 Å². The fraction of sp³-hybridized carbons (Fsp3) is 0.471. The Morgan fingerprint density at radius 1 is 1.05 bits per heavy atom. The Kier molecular flexibility index (Phi) is 4.96. The molecule has 1 aromatic carbocycles. The van der Waals surface area contributed by atoms with E-state index < -0.39 is 0 Å². The summed E-state index contributed by atoms with van der Waals surface area (Å²) in [7, 11) is 0. The molecule has 1 aromatic heterocycles. The summed E-state index contributed by atoms with van der Waals surface area (Å²) in [5, 5.41) is 8.02. The van der Waals surface area contributed by atoms with Crippen LogP contribution in [0.15, 0.2) is 36.5 Å². The zero-order valence-electron chi connectivity index (χ0n) is 12.9. The molecule has 0 saturated heterocycles. The smallest absolute Gasteiger partial charge is 0.0766 e. The molecule has 108 valence electrons. The predicted molar refractivity (Wildman–Crippen MR) is 84.2 cm³/mol. The molecule has 0 aliphatic rings. The van der Waals surface area contributed by atoms with Crippen LogP contribution in [-0.2, 0) is 6.54 Å². The summed E-state index contributed by atoms with van der Waals surface area (Å²) in [6, 6.07) is 10.7. The first-order chi connectivity index (χ1) is 9.56. The van der Waals surface area contributed by atoms with Crippen LogP contribution in [-0.4, -0.2) is 16.3 Å². The molecule has 20 heavy (non-hydrogen) atoms. The quantitative estimate of drug-likeness (QED) is 0.867. The van der Waals surface area contributed by atoms with Gasteiger partial charge in [0.25, 0.3) is 0 Å². The second-order valence-corrected chi connectivity index (χ2v) is 6.02. The Labute approximate surface area is 122 Å². The summed E-state index contributed by atoms with van der Waals surface area (Å²) in [4.78, 5) is 0. The van der Waals surface area contributed by atoms with Crippen molar-refractivity contribution in [2.75, 3.05) is 6.54 Å². The second kappa shape index (κ2) is 6.71. The van der Waals surface area contributed by atoms with Crippen molar-refractivity contribution in [3.63, 3.8) is 0 Å². The average molecular weight is 271 g/mol. The van der Waals surface area contributed by atoms with Crippen molar-refractivity contribution < 1.29 is 0 Å². The maximum atomic E-state index is 4.61. The summed E-state index contributed by atoms with van der Waals surface area (Å²) < 4.78 is 1.94. The summed E-state index contributed by atoms with van der Waals surface area (Å²) in [6.07, 6.45) is 2.02. The van der Waals surface area contributed by atoms with Gasteiger partial charge in [0.2, 0.25) is 0 Å². The lowest BCUT2D eigenvalue weighted by Crippen LogP contribution is -2.19. The van der Waals surface area contributed by atoms with Gasteiger partial charge < -0.3 is 5.32 Å². The Balaban J connectivity index is 2.01. The minimum Gasteiger partial charge on any atom is -0.311 e. The molecule has 0 bridgehead atoms. The van der Waals surface area contributed by atoms with Gasteiger partial charge in [-0.3, -0.25) is 0 Å². The van der Waals surface area contributed by atoms with E-state index in [-0.39, 0.29) is 0 Å². The lowest BCUT2D eigenvalue weighted by molar-refractivity contribution is 0.546. The Bertz CT molecular complexity index is 523. The third kappa shape index (κ3) is 3.94. The molecule has 2 rings (SSSR count). The molecule has 0 atom stereocenters. The van der Waals surface area contributed by atoms with Crippen molar-refractivity contribution >= 4 is 0 Å². The molecular weight excluding hydrogens is 246 g/mol. The van der Waals surface area contributed by atoms with Crippen LogP contribution in [0.4, 0.5) is 0 Å². The van der Waals surface area contributed by atoms with E-state index in [2.05, 4.69) is 68.4 Å². The molecule has 0 saturated carbocycles. The van der Waals surface area contributed by atoms with E-state index in [0.717, 1.165) is 24.5 Å². The van der Waals surface area contributed by atoms with Crippen molar-refractivity contribution in [2.24, 2.45) is 5.92 Å². The van der Waals surface area contributed by atoms with Crippen LogP contribution in [0.3, 0.4) is 0 Å². The van der Waals surface area contributed by atoms with E-state index in [1.54, 1.807) is 0 Å². The summed E-state index contributed by atoms with van der Waals surface area (Å²) >= 11 is 0. The van der Waals surface area contributed by atoms with E-state index in [1.165, 1.54) is 5.56 Å². The third-order valence-corrected chi connectivity index (χ3v) is 3.33. The van der Waals surface area contributed by atoms with Gasteiger partial charge in [0.15, 0.2) is 0 Å². The number of nitrogens with zero attached hydrogens (tertiary/aromatic N) is 2. The number of hydrogen-bond acceptors (Lipinski definition) is 2. The van der Waals surface area contributed by atoms with E-state index in [4.69, 9.17) is 0 Å². The highest BCUT2D eigenvalue weighted by Crippen LogP contribution is 2.16. The number of rotatable bonds is 6. The molecule has 3 heteroatoms. The van der Waals surface area contributed by atoms with Gasteiger partial charge in [-0.1, -0.05) is 39.8 Å². The fourth-order valence-corrected chi connectivity index (χ4v) is 2.10. The van der Waals surface area contributed by atoms with Gasteiger partial charge in [-0.05, 0) is 42.1 Å². The highest BCUT2D eigenvalue weighted by atomic mass is 15.3. The molecule has 2 aromatic rings. The first-order valence-electron chi connectivity index (χ1n) is 7.42. The van der Waals surface area contributed by atoms with Crippen LogP contribution in [0, 0.1) is 5.92 Å². The maximum absolute atomic E-state index is 4.61. The topological polar surface area (TPSA) is 29.9 Å². The molecular formula is C17H25N3. The van der Waals surface area contributed by atoms with Crippen LogP contribution in [0.5, 0.6) is 0 Å². The second-order valence-electron chi connectivity index (χ2n) is 6.02. The molecule has 0 radical (unpaired) electrons. The van der Waals surface area contributed by atoms with Crippen LogP contribution in [0.25, 0.3) is 5.69 Å². The Hall–Kier alpha value is -1.61. The largest absolute Gasteiger partial charge is 0.311 e. The Morgan fingerprint density at radius 3 is 2.35 bits per heavy atom. The minimum atomic E-state index is 0.567. The zero-order valence-corrected chi connectivity index (χ0v) is 12.9. The summed E-state index contributed by atoms with van der Waals surface area (Å²) in [5.74, 6) is 1.23. The molecule has 1 heterocycles. The highest BCUT2D eigenvalue weighted by molar-refractivity contribution is 5.35. The van der Waals surface area contributed by atoms with E-state index in [0.29, 0.717) is 11.8 Å². The van der Waals surface area contributed by atoms with Gasteiger partial charge >= 0.3 is 0 Å². The van der Waals surface area contributed by atoms with Gasteiger partial charge in [-0.25, -0.2) is 4.68 Å². The van der Waals surface area contributed by atoms with Crippen molar-refractivity contribution in [1.29, 1.82) is 0 Å². The predicted octanol–water partition coefficient (Wildman–Crippen LogP) is 3.74. The summed E-state index contributed by atoms with van der Waals surface area (Å²) in [6.45, 7) is 10.7. The first kappa shape index (κ1) is 14.8. The van der Waals surface area contributed by atoms with Gasteiger partial charge in [0, 0.05) is 12.7 Å². The number of aromatic nitrogens is 2. The molecule has 3 nitrogen and oxygen atoms in total. The fourth-order valence-electron chi connectivity index (χ4n) is 2.10. The van der Waals surface area contributed by atoms with Gasteiger partial charge in [0.05, 0.1) is 11.4 Å². The van der Waals surface area contributed by atoms with Gasteiger partial charge in [0.1, 0.15) is 0 Å². The molecule has 0 unspecified atom stereocenters. The van der Waals surface area contributed by atoms with E-state index in [9.17, 15) is 0 Å². The van der Waals surface area contributed by atoms with Crippen molar-refractivity contribution in [2.45, 2.75) is 40.2 Å². The number of nitrogens with one attached hydrogen (secondary N) is 1. The minimum absolute atomic E-state index is 0.567. The zero-order chi connectivity index (χ0) is 14.5. The van der Waals surface area contributed by atoms with E-state index in [1.807, 2.05) is 10.9 Å². The van der Waals surface area contributed by atoms with Crippen molar-refractivity contribution in [3.05, 3.63) is 47.8 Å². The molecule has 0 fully saturated rings. The van der Waals surface area contributed by atoms with Crippen LogP contribution in [0.1, 0.15) is 44.9 Å². The van der Waals surface area contributed by atoms with Crippen LogP contribution >= 0.6 is 0 Å². The van der Waals surface area contributed by atoms with E-state index >= 15 is 0 Å².